The van der Waals surface area contributed by atoms with Gasteiger partial charge in [-0.2, -0.15) is 4.31 Å². The molecule has 0 aromatic carbocycles. The largest absolute Gasteiger partial charge is 0.353 e. The standard InChI is InChI=1S/C11H16N2O3S2/c1-3-9-4-5-10(17-9)18(15,16)13-7-6-12-11(14)8(13)2/h4-5,8H,3,6-7H2,1-2H3,(H,12,14). The molecule has 2 rings (SSSR count). The number of sulfonamides is 1. The maximum atomic E-state index is 12.4. The van der Waals surface area contributed by atoms with Gasteiger partial charge in [-0.15, -0.1) is 11.3 Å². The second kappa shape index (κ2) is 4.99. The Kier molecular flexibility index (Phi) is 3.74. The summed E-state index contributed by atoms with van der Waals surface area (Å²) in [6.45, 7) is 4.29. The highest BCUT2D eigenvalue weighted by molar-refractivity contribution is 7.91. The molecule has 1 aliphatic heterocycles. The van der Waals surface area contributed by atoms with Crippen LogP contribution in [-0.2, 0) is 21.2 Å². The number of nitrogens with one attached hydrogen (secondary N) is 1. The molecule has 18 heavy (non-hydrogen) atoms. The average Bonchev–Trinajstić information content (AvgIpc) is 2.81. The van der Waals surface area contributed by atoms with Crippen LogP contribution in [-0.4, -0.2) is 37.8 Å². The summed E-state index contributed by atoms with van der Waals surface area (Å²) in [6, 6.07) is 2.81. The summed E-state index contributed by atoms with van der Waals surface area (Å²) >= 11 is 1.28. The SMILES string of the molecule is CCc1ccc(S(=O)(=O)N2CCNC(=O)C2C)s1. The van der Waals surface area contributed by atoms with Crippen molar-refractivity contribution in [3.05, 3.63) is 17.0 Å². The third-order valence-corrected chi connectivity index (χ3v) is 6.66. The van der Waals surface area contributed by atoms with E-state index in [1.165, 1.54) is 15.6 Å². The molecule has 1 aliphatic rings. The van der Waals surface area contributed by atoms with Gasteiger partial charge < -0.3 is 5.32 Å². The third-order valence-electron chi connectivity index (χ3n) is 2.99. The minimum atomic E-state index is -3.54. The fraction of sp³-hybridized carbons (Fsp3) is 0.545. The van der Waals surface area contributed by atoms with Gasteiger partial charge in [0, 0.05) is 18.0 Å². The molecule has 1 atom stereocenters. The predicted octanol–water partition coefficient (Wildman–Crippen LogP) is 0.819. The number of thiophene rings is 1. The van der Waals surface area contributed by atoms with Crippen molar-refractivity contribution in [1.82, 2.24) is 9.62 Å². The maximum absolute atomic E-state index is 12.4. The highest BCUT2D eigenvalue weighted by atomic mass is 32.2. The number of amides is 1. The fourth-order valence-electron chi connectivity index (χ4n) is 1.89. The Balaban J connectivity index is 2.33. The van der Waals surface area contributed by atoms with Gasteiger partial charge in [0.2, 0.25) is 5.91 Å². The first-order chi connectivity index (χ1) is 8.46. The zero-order valence-electron chi connectivity index (χ0n) is 10.3. The fourth-order valence-corrected chi connectivity index (χ4v) is 4.91. The van der Waals surface area contributed by atoms with Crippen LogP contribution in [0.4, 0.5) is 0 Å². The molecule has 1 aromatic heterocycles. The van der Waals surface area contributed by atoms with Crippen LogP contribution >= 0.6 is 11.3 Å². The van der Waals surface area contributed by atoms with Crippen molar-refractivity contribution >= 4 is 27.3 Å². The van der Waals surface area contributed by atoms with E-state index < -0.39 is 16.1 Å². The Hall–Kier alpha value is -0.920. The average molecular weight is 288 g/mol. The van der Waals surface area contributed by atoms with Gasteiger partial charge in [-0.3, -0.25) is 4.79 Å². The van der Waals surface area contributed by atoms with E-state index in [0.717, 1.165) is 11.3 Å². The molecule has 0 bridgehead atoms. The molecule has 100 valence electrons. The predicted molar refractivity (Wildman–Crippen MR) is 70.1 cm³/mol. The number of aryl methyl sites for hydroxylation is 1. The number of carbonyl (C=O) groups is 1. The second-order valence-electron chi connectivity index (χ2n) is 4.16. The Morgan fingerprint density at radius 2 is 2.22 bits per heavy atom. The van der Waals surface area contributed by atoms with Gasteiger partial charge in [-0.05, 0) is 25.5 Å². The highest BCUT2D eigenvalue weighted by Gasteiger charge is 2.36. The molecule has 7 heteroatoms. The van der Waals surface area contributed by atoms with Crippen LogP contribution in [0.25, 0.3) is 0 Å². The molecule has 5 nitrogen and oxygen atoms in total. The molecule has 2 heterocycles. The molecule has 0 spiro atoms. The number of rotatable bonds is 3. The van der Waals surface area contributed by atoms with Crippen molar-refractivity contribution in [1.29, 1.82) is 0 Å². The number of hydrogen-bond donors (Lipinski definition) is 1. The van der Waals surface area contributed by atoms with Crippen LogP contribution in [0.15, 0.2) is 16.3 Å². The monoisotopic (exact) mass is 288 g/mol. The van der Waals surface area contributed by atoms with Crippen molar-refractivity contribution in [2.45, 2.75) is 30.5 Å². The maximum Gasteiger partial charge on any atom is 0.253 e. The lowest BCUT2D eigenvalue weighted by Gasteiger charge is -2.31. The molecule has 1 N–H and O–H groups in total. The van der Waals surface area contributed by atoms with Gasteiger partial charge in [0.1, 0.15) is 10.3 Å². The quantitative estimate of drug-likeness (QED) is 0.895. The van der Waals surface area contributed by atoms with Gasteiger partial charge >= 0.3 is 0 Å². The summed E-state index contributed by atoms with van der Waals surface area (Å²) in [6.07, 6.45) is 0.816. The van der Waals surface area contributed by atoms with Gasteiger partial charge in [0.15, 0.2) is 0 Å². The summed E-state index contributed by atoms with van der Waals surface area (Å²) < 4.78 is 26.5. The Morgan fingerprint density at radius 1 is 1.50 bits per heavy atom. The lowest BCUT2D eigenvalue weighted by atomic mass is 10.2. The molecule has 0 aliphatic carbocycles. The van der Waals surface area contributed by atoms with Gasteiger partial charge in [-0.1, -0.05) is 6.92 Å². The zero-order valence-corrected chi connectivity index (χ0v) is 12.0. The molecular formula is C11H16N2O3S2. The Labute approximate surface area is 111 Å². The zero-order chi connectivity index (χ0) is 13.3. The molecule has 1 saturated heterocycles. The summed E-state index contributed by atoms with van der Waals surface area (Å²) in [5.74, 6) is -0.239. The van der Waals surface area contributed by atoms with Gasteiger partial charge in [0.05, 0.1) is 0 Å². The van der Waals surface area contributed by atoms with Crippen LogP contribution in [0.2, 0.25) is 0 Å². The first-order valence-electron chi connectivity index (χ1n) is 5.85. The molecule has 1 amide bonds. The summed E-state index contributed by atoms with van der Waals surface area (Å²) in [7, 11) is -3.54. The number of hydrogen-bond acceptors (Lipinski definition) is 4. The van der Waals surface area contributed by atoms with Crippen molar-refractivity contribution < 1.29 is 13.2 Å². The summed E-state index contributed by atoms with van der Waals surface area (Å²) in [4.78, 5) is 12.6. The molecule has 0 saturated carbocycles. The van der Waals surface area contributed by atoms with E-state index in [1.807, 2.05) is 13.0 Å². The van der Waals surface area contributed by atoms with Crippen molar-refractivity contribution in [3.63, 3.8) is 0 Å². The number of piperazine rings is 1. The van der Waals surface area contributed by atoms with E-state index in [4.69, 9.17) is 0 Å². The Morgan fingerprint density at radius 3 is 2.83 bits per heavy atom. The first-order valence-corrected chi connectivity index (χ1v) is 8.10. The van der Waals surface area contributed by atoms with Crippen LogP contribution in [0.5, 0.6) is 0 Å². The van der Waals surface area contributed by atoms with Crippen molar-refractivity contribution in [3.8, 4) is 0 Å². The van der Waals surface area contributed by atoms with E-state index in [0.29, 0.717) is 17.3 Å². The molecular weight excluding hydrogens is 272 g/mol. The smallest absolute Gasteiger partial charge is 0.253 e. The van der Waals surface area contributed by atoms with E-state index in [2.05, 4.69) is 5.32 Å². The lowest BCUT2D eigenvalue weighted by Crippen LogP contribution is -2.55. The minimum Gasteiger partial charge on any atom is -0.353 e. The topological polar surface area (TPSA) is 66.5 Å². The molecule has 1 unspecified atom stereocenters. The van der Waals surface area contributed by atoms with Crippen LogP contribution in [0.1, 0.15) is 18.7 Å². The lowest BCUT2D eigenvalue weighted by molar-refractivity contribution is -0.126. The van der Waals surface area contributed by atoms with Crippen LogP contribution in [0.3, 0.4) is 0 Å². The van der Waals surface area contributed by atoms with E-state index in [9.17, 15) is 13.2 Å². The molecule has 0 radical (unpaired) electrons. The Bertz CT molecular complexity index is 550. The third kappa shape index (κ3) is 2.30. The van der Waals surface area contributed by atoms with Gasteiger partial charge in [-0.25, -0.2) is 8.42 Å². The van der Waals surface area contributed by atoms with Crippen LogP contribution < -0.4 is 5.32 Å². The number of nitrogens with zero attached hydrogens (tertiary/aromatic N) is 1. The second-order valence-corrected chi connectivity index (χ2v) is 7.44. The summed E-state index contributed by atoms with van der Waals surface area (Å²) in [5.41, 5.74) is 0. The number of carbonyl (C=O) groups excluding carboxylic acids is 1. The van der Waals surface area contributed by atoms with Crippen molar-refractivity contribution in [2.75, 3.05) is 13.1 Å². The van der Waals surface area contributed by atoms with E-state index >= 15 is 0 Å². The first kappa shape index (κ1) is 13.5. The minimum absolute atomic E-state index is 0.239. The normalized spacial score (nSPS) is 21.9. The highest BCUT2D eigenvalue weighted by Crippen LogP contribution is 2.27. The molecule has 1 aromatic rings. The van der Waals surface area contributed by atoms with Crippen LogP contribution in [0, 0.1) is 0 Å². The van der Waals surface area contributed by atoms with E-state index in [1.54, 1.807) is 13.0 Å². The van der Waals surface area contributed by atoms with Crippen molar-refractivity contribution in [2.24, 2.45) is 0 Å². The molecule has 1 fully saturated rings. The summed E-state index contributed by atoms with van der Waals surface area (Å²) in [5, 5.41) is 2.66. The van der Waals surface area contributed by atoms with E-state index in [-0.39, 0.29) is 5.91 Å². The van der Waals surface area contributed by atoms with Gasteiger partial charge in [0.25, 0.3) is 10.0 Å².